The molecule has 0 aliphatic carbocycles. The van der Waals surface area contributed by atoms with E-state index in [-0.39, 0.29) is 22.5 Å². The van der Waals surface area contributed by atoms with E-state index in [0.717, 1.165) is 16.9 Å². The molecule has 156 valence electrons. The molecule has 0 unspecified atom stereocenters. The standard InChI is InChI=1S/C19H21Cl2N3O3S2/c1-18(2)17(22)24-19(3,10-29(18,26)27)15-13(21)8-14(28-15)16(25)23-9-11-5-4-6-12(20)7-11/h4-8H,9-10H2,1-3H3,(H2,22,24)(H,23,25)/t19-/m0/s1. The van der Waals surface area contributed by atoms with E-state index in [4.69, 9.17) is 28.9 Å². The minimum Gasteiger partial charge on any atom is -0.386 e. The second-order valence-corrected chi connectivity index (χ2v) is 12.1. The molecule has 1 amide bonds. The Kier molecular flexibility index (Phi) is 5.77. The zero-order valence-electron chi connectivity index (χ0n) is 16.1. The number of sulfone groups is 1. The number of nitrogens with two attached hydrogens (primary N) is 1. The highest BCUT2D eigenvalue weighted by atomic mass is 35.5. The molecule has 0 bridgehead atoms. The summed E-state index contributed by atoms with van der Waals surface area (Å²) in [6, 6.07) is 8.70. The van der Waals surface area contributed by atoms with Crippen molar-refractivity contribution in [3.63, 3.8) is 0 Å². The monoisotopic (exact) mass is 473 g/mol. The molecule has 0 saturated heterocycles. The van der Waals surface area contributed by atoms with Crippen LogP contribution in [-0.2, 0) is 21.9 Å². The Morgan fingerprint density at radius 3 is 2.59 bits per heavy atom. The van der Waals surface area contributed by atoms with E-state index >= 15 is 0 Å². The molecular weight excluding hydrogens is 453 g/mol. The number of aliphatic imine (C=N–C) groups is 1. The fraction of sp³-hybridized carbons (Fsp3) is 0.368. The van der Waals surface area contributed by atoms with E-state index in [2.05, 4.69) is 10.3 Å². The lowest BCUT2D eigenvalue weighted by Crippen LogP contribution is -2.54. The molecule has 6 nitrogen and oxygen atoms in total. The molecule has 3 rings (SSSR count). The van der Waals surface area contributed by atoms with E-state index in [1.165, 1.54) is 19.9 Å². The van der Waals surface area contributed by atoms with Crippen molar-refractivity contribution in [1.82, 2.24) is 5.32 Å². The van der Waals surface area contributed by atoms with Gasteiger partial charge in [-0.25, -0.2) is 8.42 Å². The number of nitrogens with zero attached hydrogens (tertiary/aromatic N) is 1. The van der Waals surface area contributed by atoms with Crippen molar-refractivity contribution in [1.29, 1.82) is 0 Å². The van der Waals surface area contributed by atoms with Crippen LogP contribution in [-0.4, -0.2) is 30.7 Å². The van der Waals surface area contributed by atoms with Crippen molar-refractivity contribution in [2.24, 2.45) is 10.7 Å². The first-order valence-electron chi connectivity index (χ1n) is 8.76. The molecule has 3 N–H and O–H groups in total. The Bertz CT molecular complexity index is 1110. The predicted octanol–water partition coefficient (Wildman–Crippen LogP) is 3.76. The lowest BCUT2D eigenvalue weighted by molar-refractivity contribution is 0.0955. The van der Waals surface area contributed by atoms with Gasteiger partial charge in [0.1, 0.15) is 16.1 Å². The minimum absolute atomic E-state index is 0.0303. The highest BCUT2D eigenvalue weighted by Crippen LogP contribution is 2.43. The van der Waals surface area contributed by atoms with Crippen molar-refractivity contribution >= 4 is 56.1 Å². The Morgan fingerprint density at radius 2 is 1.97 bits per heavy atom. The number of amides is 1. The van der Waals surface area contributed by atoms with Crippen LogP contribution in [0, 0.1) is 0 Å². The van der Waals surface area contributed by atoms with Crippen LogP contribution >= 0.6 is 34.5 Å². The van der Waals surface area contributed by atoms with Crippen LogP contribution < -0.4 is 11.1 Å². The molecule has 1 aromatic heterocycles. The van der Waals surface area contributed by atoms with Crippen LogP contribution in [0.5, 0.6) is 0 Å². The van der Waals surface area contributed by atoms with Gasteiger partial charge in [0.25, 0.3) is 5.91 Å². The summed E-state index contributed by atoms with van der Waals surface area (Å²) in [4.78, 5) is 17.9. The van der Waals surface area contributed by atoms with E-state index in [1.54, 1.807) is 25.1 Å². The summed E-state index contributed by atoms with van der Waals surface area (Å²) in [5.41, 5.74) is 5.70. The number of nitrogens with one attached hydrogen (secondary N) is 1. The number of rotatable bonds is 4. The topological polar surface area (TPSA) is 102 Å². The Balaban J connectivity index is 1.86. The number of amidine groups is 1. The zero-order chi connectivity index (χ0) is 21.6. The molecule has 0 spiro atoms. The molecule has 2 aromatic rings. The number of halogens is 2. The Morgan fingerprint density at radius 1 is 1.28 bits per heavy atom. The maximum Gasteiger partial charge on any atom is 0.261 e. The Hall–Kier alpha value is -1.61. The summed E-state index contributed by atoms with van der Waals surface area (Å²) in [7, 11) is -3.56. The highest BCUT2D eigenvalue weighted by Gasteiger charge is 2.49. The van der Waals surface area contributed by atoms with Crippen LogP contribution in [0.3, 0.4) is 0 Å². The van der Waals surface area contributed by atoms with Gasteiger partial charge in [-0.05, 0) is 44.5 Å². The number of hydrogen-bond acceptors (Lipinski definition) is 6. The fourth-order valence-electron chi connectivity index (χ4n) is 3.02. The molecule has 0 fully saturated rings. The molecule has 1 aliphatic rings. The number of carbonyl (C=O) groups is 1. The molecule has 2 heterocycles. The number of hydrogen-bond donors (Lipinski definition) is 2. The SMILES string of the molecule is CC1(C)C(N)=N[C@](C)(c2sc(C(=O)NCc3cccc(Cl)c3)cc2Cl)CS1(=O)=O. The van der Waals surface area contributed by atoms with Gasteiger partial charge in [0, 0.05) is 11.6 Å². The van der Waals surface area contributed by atoms with Crippen molar-refractivity contribution in [2.75, 3.05) is 5.75 Å². The van der Waals surface area contributed by atoms with Gasteiger partial charge in [-0.2, -0.15) is 0 Å². The maximum absolute atomic E-state index is 12.8. The van der Waals surface area contributed by atoms with Crippen LogP contribution in [0.25, 0.3) is 0 Å². The average Bonchev–Trinajstić information content (AvgIpc) is 3.00. The lowest BCUT2D eigenvalue weighted by atomic mass is 10.0. The maximum atomic E-state index is 12.8. The summed E-state index contributed by atoms with van der Waals surface area (Å²) in [5, 5.41) is 3.69. The van der Waals surface area contributed by atoms with Gasteiger partial charge in [-0.3, -0.25) is 9.79 Å². The zero-order valence-corrected chi connectivity index (χ0v) is 19.3. The molecule has 0 saturated carbocycles. The minimum atomic E-state index is -3.56. The van der Waals surface area contributed by atoms with Crippen LogP contribution in [0.1, 0.15) is 40.9 Å². The van der Waals surface area contributed by atoms with Crippen molar-refractivity contribution in [2.45, 2.75) is 37.6 Å². The van der Waals surface area contributed by atoms with Gasteiger partial charge in [-0.15, -0.1) is 11.3 Å². The largest absolute Gasteiger partial charge is 0.386 e. The summed E-state index contributed by atoms with van der Waals surface area (Å²) in [5.74, 6) is -0.525. The fourth-order valence-corrected chi connectivity index (χ4v) is 6.55. The third-order valence-electron chi connectivity index (χ3n) is 4.97. The van der Waals surface area contributed by atoms with Crippen LogP contribution in [0.2, 0.25) is 10.0 Å². The molecule has 29 heavy (non-hydrogen) atoms. The smallest absolute Gasteiger partial charge is 0.261 e. The van der Waals surface area contributed by atoms with Crippen molar-refractivity contribution in [3.05, 3.63) is 55.7 Å². The first-order valence-corrected chi connectivity index (χ1v) is 12.0. The summed E-state index contributed by atoms with van der Waals surface area (Å²) in [6.45, 7) is 5.03. The number of thiophene rings is 1. The van der Waals surface area contributed by atoms with Gasteiger partial charge >= 0.3 is 0 Å². The van der Waals surface area contributed by atoms with Gasteiger partial charge in [0.05, 0.1) is 20.5 Å². The molecule has 10 heteroatoms. The molecule has 1 atom stereocenters. The summed E-state index contributed by atoms with van der Waals surface area (Å²) >= 11 is 13.4. The number of carbonyl (C=O) groups excluding carboxylic acids is 1. The van der Waals surface area contributed by atoms with E-state index in [1.807, 2.05) is 6.07 Å². The summed E-state index contributed by atoms with van der Waals surface area (Å²) in [6.07, 6.45) is 0. The van der Waals surface area contributed by atoms with Gasteiger partial charge in [0.15, 0.2) is 9.84 Å². The average molecular weight is 474 g/mol. The van der Waals surface area contributed by atoms with Gasteiger partial charge in [0.2, 0.25) is 0 Å². The van der Waals surface area contributed by atoms with Crippen molar-refractivity contribution < 1.29 is 13.2 Å². The predicted molar refractivity (Wildman–Crippen MR) is 119 cm³/mol. The van der Waals surface area contributed by atoms with E-state index in [0.29, 0.717) is 21.3 Å². The van der Waals surface area contributed by atoms with Gasteiger partial charge < -0.3 is 11.1 Å². The third kappa shape index (κ3) is 4.17. The van der Waals surface area contributed by atoms with Crippen molar-refractivity contribution in [3.8, 4) is 0 Å². The van der Waals surface area contributed by atoms with Crippen LogP contribution in [0.4, 0.5) is 0 Å². The first-order chi connectivity index (χ1) is 13.4. The second-order valence-electron chi connectivity index (χ2n) is 7.64. The highest BCUT2D eigenvalue weighted by molar-refractivity contribution is 7.93. The van der Waals surface area contributed by atoms with Gasteiger partial charge in [-0.1, -0.05) is 35.3 Å². The quantitative estimate of drug-likeness (QED) is 0.705. The molecule has 1 aliphatic heterocycles. The molecule has 0 radical (unpaired) electrons. The normalized spacial score (nSPS) is 22.7. The van der Waals surface area contributed by atoms with E-state index < -0.39 is 20.1 Å². The Labute approximate surface area is 184 Å². The number of benzene rings is 1. The van der Waals surface area contributed by atoms with Crippen LogP contribution in [0.15, 0.2) is 35.3 Å². The molecule has 1 aromatic carbocycles. The first kappa shape index (κ1) is 22.1. The molecular formula is C19H21Cl2N3O3S2. The second kappa shape index (κ2) is 7.58. The third-order valence-corrected chi connectivity index (χ3v) is 9.71. The lowest BCUT2D eigenvalue weighted by Gasteiger charge is -2.37. The summed E-state index contributed by atoms with van der Waals surface area (Å²) < 4.78 is 24.3. The van der Waals surface area contributed by atoms with E-state index in [9.17, 15) is 13.2 Å².